The van der Waals surface area contributed by atoms with E-state index in [1.165, 1.54) is 32.1 Å². The molecule has 0 unspecified atom stereocenters. The molecule has 0 amide bonds. The second-order valence-electron chi connectivity index (χ2n) is 3.14. The molecule has 1 fully saturated rings. The van der Waals surface area contributed by atoms with Gasteiger partial charge < -0.3 is 0 Å². The van der Waals surface area contributed by atoms with Crippen LogP contribution in [-0.2, 0) is 0 Å². The van der Waals surface area contributed by atoms with Gasteiger partial charge in [-0.05, 0) is 38.0 Å². The smallest absolute Gasteiger partial charge is 0.0336 e. The van der Waals surface area contributed by atoms with Crippen molar-refractivity contribution < 1.29 is 0 Å². The second kappa shape index (κ2) is 4.02. The summed E-state index contributed by atoms with van der Waals surface area (Å²) in [7, 11) is 0. The molecule has 10 heavy (non-hydrogen) atoms. The Hall–Kier alpha value is 0.0300. The predicted molar refractivity (Wildman–Crippen MR) is 46.4 cm³/mol. The maximum absolute atomic E-state index is 5.96. The van der Waals surface area contributed by atoms with Gasteiger partial charge in [0, 0.05) is 5.38 Å². The summed E-state index contributed by atoms with van der Waals surface area (Å²) in [5.41, 5.74) is 0. The van der Waals surface area contributed by atoms with Crippen molar-refractivity contribution in [2.45, 2.75) is 37.5 Å². The molecule has 1 aliphatic carbocycles. The molecule has 1 rings (SSSR count). The van der Waals surface area contributed by atoms with Crippen LogP contribution in [0, 0.1) is 5.92 Å². The minimum atomic E-state index is 0.459. The minimum absolute atomic E-state index is 0.459. The highest BCUT2D eigenvalue weighted by atomic mass is 35.5. The monoisotopic (exact) mass is 158 g/mol. The SMILES string of the molecule is C=CCC1CCC(Cl)CC1. The average Bonchev–Trinajstić information content (AvgIpc) is 1.95. The molecule has 0 aliphatic heterocycles. The maximum atomic E-state index is 5.96. The van der Waals surface area contributed by atoms with Crippen LogP contribution in [0.5, 0.6) is 0 Å². The van der Waals surface area contributed by atoms with Crippen LogP contribution < -0.4 is 0 Å². The van der Waals surface area contributed by atoms with Gasteiger partial charge in [0.05, 0.1) is 0 Å². The Bertz CT molecular complexity index is 101. The van der Waals surface area contributed by atoms with Crippen molar-refractivity contribution in [2.75, 3.05) is 0 Å². The summed E-state index contributed by atoms with van der Waals surface area (Å²) in [6, 6.07) is 0. The van der Waals surface area contributed by atoms with Crippen molar-refractivity contribution >= 4 is 11.6 Å². The van der Waals surface area contributed by atoms with E-state index in [0.29, 0.717) is 5.38 Å². The van der Waals surface area contributed by atoms with E-state index >= 15 is 0 Å². The van der Waals surface area contributed by atoms with Crippen molar-refractivity contribution in [2.24, 2.45) is 5.92 Å². The molecule has 0 aromatic heterocycles. The van der Waals surface area contributed by atoms with Gasteiger partial charge in [-0.15, -0.1) is 18.2 Å². The molecule has 0 aromatic carbocycles. The minimum Gasteiger partial charge on any atom is -0.123 e. The molecule has 1 saturated carbocycles. The molecular formula is C9H15Cl. The first-order valence-corrected chi connectivity index (χ1v) is 4.51. The quantitative estimate of drug-likeness (QED) is 0.427. The zero-order chi connectivity index (χ0) is 7.40. The van der Waals surface area contributed by atoms with Crippen molar-refractivity contribution in [3.63, 3.8) is 0 Å². The van der Waals surface area contributed by atoms with E-state index in [1.807, 2.05) is 6.08 Å². The molecule has 0 heterocycles. The average molecular weight is 159 g/mol. The van der Waals surface area contributed by atoms with E-state index < -0.39 is 0 Å². The van der Waals surface area contributed by atoms with Gasteiger partial charge in [-0.2, -0.15) is 0 Å². The first kappa shape index (κ1) is 8.13. The van der Waals surface area contributed by atoms with E-state index in [2.05, 4.69) is 6.58 Å². The van der Waals surface area contributed by atoms with Crippen molar-refractivity contribution in [3.05, 3.63) is 12.7 Å². The molecule has 0 atom stereocenters. The van der Waals surface area contributed by atoms with Gasteiger partial charge in [0.1, 0.15) is 0 Å². The van der Waals surface area contributed by atoms with E-state index in [1.54, 1.807) is 0 Å². The van der Waals surface area contributed by atoms with E-state index in [-0.39, 0.29) is 0 Å². The fourth-order valence-electron chi connectivity index (χ4n) is 1.59. The van der Waals surface area contributed by atoms with Crippen LogP contribution in [0.3, 0.4) is 0 Å². The van der Waals surface area contributed by atoms with Crippen molar-refractivity contribution in [1.82, 2.24) is 0 Å². The Morgan fingerprint density at radius 1 is 1.30 bits per heavy atom. The predicted octanol–water partition coefficient (Wildman–Crippen LogP) is 3.36. The van der Waals surface area contributed by atoms with Gasteiger partial charge >= 0.3 is 0 Å². The second-order valence-corrected chi connectivity index (χ2v) is 3.76. The normalized spacial score (nSPS) is 33.7. The fourth-order valence-corrected chi connectivity index (χ4v) is 1.85. The molecule has 0 bridgehead atoms. The molecule has 0 spiro atoms. The Morgan fingerprint density at radius 3 is 2.40 bits per heavy atom. The lowest BCUT2D eigenvalue weighted by Crippen LogP contribution is -2.13. The number of hydrogen-bond acceptors (Lipinski definition) is 0. The molecular weight excluding hydrogens is 144 g/mol. The summed E-state index contributed by atoms with van der Waals surface area (Å²) in [6.45, 7) is 3.74. The third-order valence-corrected chi connectivity index (χ3v) is 2.71. The van der Waals surface area contributed by atoms with Gasteiger partial charge in [-0.1, -0.05) is 6.08 Å². The van der Waals surface area contributed by atoms with Crippen LogP contribution >= 0.6 is 11.6 Å². The van der Waals surface area contributed by atoms with E-state index in [0.717, 1.165) is 5.92 Å². The summed E-state index contributed by atoms with van der Waals surface area (Å²) in [5, 5.41) is 0.459. The van der Waals surface area contributed by atoms with Crippen LogP contribution in [0.25, 0.3) is 0 Å². The Morgan fingerprint density at radius 2 is 1.90 bits per heavy atom. The number of hydrogen-bond donors (Lipinski definition) is 0. The van der Waals surface area contributed by atoms with Crippen LogP contribution in [-0.4, -0.2) is 5.38 Å². The molecule has 1 heteroatoms. The number of halogens is 1. The largest absolute Gasteiger partial charge is 0.123 e. The maximum Gasteiger partial charge on any atom is 0.0336 e. The summed E-state index contributed by atoms with van der Waals surface area (Å²) in [5.74, 6) is 0.882. The third-order valence-electron chi connectivity index (χ3n) is 2.28. The van der Waals surface area contributed by atoms with Gasteiger partial charge in [-0.25, -0.2) is 0 Å². The molecule has 0 radical (unpaired) electrons. The summed E-state index contributed by atoms with van der Waals surface area (Å²) >= 11 is 5.96. The number of allylic oxidation sites excluding steroid dienone is 1. The Kier molecular flexibility index (Phi) is 3.27. The van der Waals surface area contributed by atoms with Gasteiger partial charge in [-0.3, -0.25) is 0 Å². The van der Waals surface area contributed by atoms with Crippen LogP contribution in [0.1, 0.15) is 32.1 Å². The molecule has 58 valence electrons. The third kappa shape index (κ3) is 2.34. The fraction of sp³-hybridized carbons (Fsp3) is 0.778. The highest BCUT2D eigenvalue weighted by Gasteiger charge is 2.17. The van der Waals surface area contributed by atoms with Crippen LogP contribution in [0.4, 0.5) is 0 Å². The Balaban J connectivity index is 2.19. The van der Waals surface area contributed by atoms with E-state index in [4.69, 9.17) is 11.6 Å². The lowest BCUT2D eigenvalue weighted by Gasteiger charge is -2.23. The van der Waals surface area contributed by atoms with Crippen LogP contribution in [0.15, 0.2) is 12.7 Å². The van der Waals surface area contributed by atoms with Crippen molar-refractivity contribution in [1.29, 1.82) is 0 Å². The first-order chi connectivity index (χ1) is 4.83. The zero-order valence-electron chi connectivity index (χ0n) is 6.35. The summed E-state index contributed by atoms with van der Waals surface area (Å²) in [4.78, 5) is 0. The molecule has 0 nitrogen and oxygen atoms in total. The first-order valence-electron chi connectivity index (χ1n) is 4.08. The number of rotatable bonds is 2. The van der Waals surface area contributed by atoms with E-state index in [9.17, 15) is 0 Å². The summed E-state index contributed by atoms with van der Waals surface area (Å²) in [6.07, 6.45) is 8.24. The molecule has 1 aliphatic rings. The zero-order valence-corrected chi connectivity index (χ0v) is 7.11. The standard InChI is InChI=1S/C9H15Cl/c1-2-3-8-4-6-9(10)7-5-8/h2,8-9H,1,3-7H2. The lowest BCUT2D eigenvalue weighted by molar-refractivity contribution is 0.366. The molecule has 0 N–H and O–H groups in total. The highest BCUT2D eigenvalue weighted by Crippen LogP contribution is 2.29. The topological polar surface area (TPSA) is 0 Å². The highest BCUT2D eigenvalue weighted by molar-refractivity contribution is 6.20. The summed E-state index contributed by atoms with van der Waals surface area (Å²) < 4.78 is 0. The van der Waals surface area contributed by atoms with Gasteiger partial charge in [0.2, 0.25) is 0 Å². The number of alkyl halides is 1. The van der Waals surface area contributed by atoms with Crippen LogP contribution in [0.2, 0.25) is 0 Å². The van der Waals surface area contributed by atoms with Gasteiger partial charge in [0.15, 0.2) is 0 Å². The van der Waals surface area contributed by atoms with Crippen molar-refractivity contribution in [3.8, 4) is 0 Å². The lowest BCUT2D eigenvalue weighted by atomic mass is 9.87. The molecule has 0 aromatic rings. The van der Waals surface area contributed by atoms with Gasteiger partial charge in [0.25, 0.3) is 0 Å². The Labute approximate surface area is 68.3 Å². The molecule has 0 saturated heterocycles.